The Morgan fingerprint density at radius 3 is 2.79 bits per heavy atom. The zero-order chi connectivity index (χ0) is 10.7. The van der Waals surface area contributed by atoms with Crippen LogP contribution in [0.3, 0.4) is 0 Å². The van der Waals surface area contributed by atoms with Gasteiger partial charge < -0.3 is 4.74 Å². The normalized spacial score (nSPS) is 10.0. The summed E-state index contributed by atoms with van der Waals surface area (Å²) in [6, 6.07) is 2.94. The quantitative estimate of drug-likeness (QED) is 0.710. The summed E-state index contributed by atoms with van der Waals surface area (Å²) in [6.07, 6.45) is -0.0935. The van der Waals surface area contributed by atoms with Gasteiger partial charge >= 0.3 is 5.97 Å². The summed E-state index contributed by atoms with van der Waals surface area (Å²) in [5.74, 6) is -0.884. The highest BCUT2D eigenvalue weighted by Crippen LogP contribution is 2.19. The third-order valence-electron chi connectivity index (χ3n) is 1.86. The van der Waals surface area contributed by atoms with Crippen molar-refractivity contribution in [3.05, 3.63) is 34.1 Å². The number of hydrogen-bond acceptors (Lipinski definition) is 2. The predicted molar refractivity (Wildman–Crippen MR) is 51.9 cm³/mol. The minimum Gasteiger partial charge on any atom is -0.469 e. The Balaban J connectivity index is 3.02. The molecule has 0 N–H and O–H groups in total. The van der Waals surface area contributed by atoms with Crippen molar-refractivity contribution in [1.82, 2.24) is 0 Å². The molecule has 0 heterocycles. The fourth-order valence-corrected chi connectivity index (χ4v) is 1.45. The molecule has 0 radical (unpaired) electrons. The van der Waals surface area contributed by atoms with E-state index in [9.17, 15) is 9.18 Å². The molecule has 0 fully saturated rings. The number of benzene rings is 1. The molecule has 4 heteroatoms. The monoisotopic (exact) mass is 216 g/mol. The van der Waals surface area contributed by atoms with Crippen molar-refractivity contribution >= 4 is 17.6 Å². The third kappa shape index (κ3) is 2.45. The van der Waals surface area contributed by atoms with Crippen molar-refractivity contribution in [2.45, 2.75) is 13.3 Å². The predicted octanol–water partition coefficient (Wildman–Crippen LogP) is 2.50. The van der Waals surface area contributed by atoms with Gasteiger partial charge in [-0.25, -0.2) is 4.39 Å². The Labute approximate surface area is 86.6 Å². The Hall–Kier alpha value is -1.09. The first-order chi connectivity index (χ1) is 6.54. The van der Waals surface area contributed by atoms with Crippen LogP contribution in [0.4, 0.5) is 4.39 Å². The zero-order valence-corrected chi connectivity index (χ0v) is 8.69. The summed E-state index contributed by atoms with van der Waals surface area (Å²) in [6.45, 7) is 1.60. The molecule has 0 aliphatic rings. The van der Waals surface area contributed by atoms with Crippen LogP contribution in [0.5, 0.6) is 0 Å². The van der Waals surface area contributed by atoms with Crippen LogP contribution in [0.25, 0.3) is 0 Å². The Morgan fingerprint density at radius 2 is 2.21 bits per heavy atom. The summed E-state index contributed by atoms with van der Waals surface area (Å²) in [5.41, 5.74) is 0.693. The van der Waals surface area contributed by atoms with Crippen LogP contribution in [-0.2, 0) is 16.0 Å². The van der Waals surface area contributed by atoms with Gasteiger partial charge in [-0.1, -0.05) is 11.6 Å². The minimum absolute atomic E-state index is 0.0935. The van der Waals surface area contributed by atoms with Gasteiger partial charge in [-0.3, -0.25) is 4.79 Å². The molecule has 76 valence electrons. The van der Waals surface area contributed by atoms with Gasteiger partial charge in [0.2, 0.25) is 0 Å². The molecule has 0 aromatic heterocycles. The molecule has 1 rings (SSSR count). The van der Waals surface area contributed by atoms with E-state index in [2.05, 4.69) is 4.74 Å². The second kappa shape index (κ2) is 4.42. The summed E-state index contributed by atoms with van der Waals surface area (Å²) in [7, 11) is 1.26. The molecule has 0 saturated heterocycles. The van der Waals surface area contributed by atoms with E-state index < -0.39 is 11.8 Å². The lowest BCUT2D eigenvalue weighted by molar-refractivity contribution is -0.139. The Kier molecular flexibility index (Phi) is 3.47. The molecule has 0 bridgehead atoms. The van der Waals surface area contributed by atoms with E-state index in [0.29, 0.717) is 10.6 Å². The number of hydrogen-bond donors (Lipinski definition) is 0. The summed E-state index contributed by atoms with van der Waals surface area (Å²) in [5, 5.41) is 0.419. The van der Waals surface area contributed by atoms with Crippen LogP contribution in [0.2, 0.25) is 5.02 Å². The molecule has 0 atom stereocenters. The third-order valence-corrected chi connectivity index (χ3v) is 2.08. The largest absolute Gasteiger partial charge is 0.469 e. The van der Waals surface area contributed by atoms with Crippen LogP contribution in [0.15, 0.2) is 12.1 Å². The number of esters is 1. The lowest BCUT2D eigenvalue weighted by Crippen LogP contribution is -2.06. The van der Waals surface area contributed by atoms with Gasteiger partial charge in [-0.15, -0.1) is 0 Å². The molecule has 0 spiro atoms. The van der Waals surface area contributed by atoms with Crippen molar-refractivity contribution in [3.8, 4) is 0 Å². The first kappa shape index (κ1) is 11.0. The standard InChI is InChI=1S/C10H10ClFO2/c1-6-3-8(11)4-7(10(6)12)5-9(13)14-2/h3-4H,5H2,1-2H3. The number of rotatable bonds is 2. The molecule has 0 unspecified atom stereocenters. The van der Waals surface area contributed by atoms with E-state index >= 15 is 0 Å². The van der Waals surface area contributed by atoms with Crippen LogP contribution in [0.1, 0.15) is 11.1 Å². The topological polar surface area (TPSA) is 26.3 Å². The number of ether oxygens (including phenoxy) is 1. The van der Waals surface area contributed by atoms with E-state index in [1.165, 1.54) is 19.2 Å². The summed E-state index contributed by atoms with van der Waals surface area (Å²) < 4.78 is 17.9. The Morgan fingerprint density at radius 1 is 1.57 bits per heavy atom. The molecule has 2 nitrogen and oxygen atoms in total. The molecule has 1 aromatic rings. The van der Waals surface area contributed by atoms with E-state index in [1.54, 1.807) is 6.92 Å². The van der Waals surface area contributed by atoms with Crippen molar-refractivity contribution in [3.63, 3.8) is 0 Å². The lowest BCUT2D eigenvalue weighted by atomic mass is 10.1. The maximum atomic E-state index is 13.4. The molecular weight excluding hydrogens is 207 g/mol. The number of methoxy groups -OCH3 is 1. The van der Waals surface area contributed by atoms with E-state index in [1.807, 2.05) is 0 Å². The number of carbonyl (C=O) groups is 1. The van der Waals surface area contributed by atoms with Crippen molar-refractivity contribution in [2.24, 2.45) is 0 Å². The van der Waals surface area contributed by atoms with Gasteiger partial charge in [-0.2, -0.15) is 0 Å². The first-order valence-corrected chi connectivity index (χ1v) is 4.43. The lowest BCUT2D eigenvalue weighted by Gasteiger charge is -2.05. The van der Waals surface area contributed by atoms with Gasteiger partial charge in [0.1, 0.15) is 5.82 Å². The zero-order valence-electron chi connectivity index (χ0n) is 7.93. The van der Waals surface area contributed by atoms with Gasteiger partial charge in [0.25, 0.3) is 0 Å². The van der Waals surface area contributed by atoms with Crippen LogP contribution < -0.4 is 0 Å². The Bertz CT molecular complexity index is 363. The summed E-state index contributed by atoms with van der Waals surface area (Å²) >= 11 is 5.73. The fourth-order valence-electron chi connectivity index (χ4n) is 1.15. The summed E-state index contributed by atoms with van der Waals surface area (Å²) in [4.78, 5) is 10.9. The van der Waals surface area contributed by atoms with Crippen LogP contribution >= 0.6 is 11.6 Å². The first-order valence-electron chi connectivity index (χ1n) is 4.06. The van der Waals surface area contributed by atoms with E-state index in [4.69, 9.17) is 11.6 Å². The van der Waals surface area contributed by atoms with Crippen LogP contribution in [0, 0.1) is 12.7 Å². The van der Waals surface area contributed by atoms with E-state index in [0.717, 1.165) is 0 Å². The molecule has 0 saturated carbocycles. The average Bonchev–Trinajstić information content (AvgIpc) is 2.13. The van der Waals surface area contributed by atoms with Gasteiger partial charge in [-0.05, 0) is 24.6 Å². The van der Waals surface area contributed by atoms with Crippen molar-refractivity contribution in [1.29, 1.82) is 0 Å². The highest BCUT2D eigenvalue weighted by Gasteiger charge is 2.11. The number of halogens is 2. The number of carbonyl (C=O) groups excluding carboxylic acids is 1. The molecule has 0 aliphatic heterocycles. The van der Waals surface area contributed by atoms with Crippen molar-refractivity contribution in [2.75, 3.05) is 7.11 Å². The van der Waals surface area contributed by atoms with E-state index in [-0.39, 0.29) is 12.0 Å². The second-order valence-corrected chi connectivity index (χ2v) is 3.39. The molecular formula is C10H10ClFO2. The second-order valence-electron chi connectivity index (χ2n) is 2.95. The molecule has 0 amide bonds. The maximum absolute atomic E-state index is 13.4. The molecule has 14 heavy (non-hydrogen) atoms. The van der Waals surface area contributed by atoms with Crippen molar-refractivity contribution < 1.29 is 13.9 Å². The van der Waals surface area contributed by atoms with Gasteiger partial charge in [0.05, 0.1) is 13.5 Å². The maximum Gasteiger partial charge on any atom is 0.310 e. The van der Waals surface area contributed by atoms with Gasteiger partial charge in [0, 0.05) is 10.6 Å². The SMILES string of the molecule is COC(=O)Cc1cc(Cl)cc(C)c1F. The minimum atomic E-state index is -0.481. The molecule has 0 aliphatic carbocycles. The smallest absolute Gasteiger partial charge is 0.310 e. The van der Waals surface area contributed by atoms with Crippen LogP contribution in [-0.4, -0.2) is 13.1 Å². The van der Waals surface area contributed by atoms with Gasteiger partial charge in [0.15, 0.2) is 0 Å². The average molecular weight is 217 g/mol. The highest BCUT2D eigenvalue weighted by molar-refractivity contribution is 6.30. The molecule has 1 aromatic carbocycles. The fraction of sp³-hybridized carbons (Fsp3) is 0.300. The highest BCUT2D eigenvalue weighted by atomic mass is 35.5. The number of aryl methyl sites for hydroxylation is 1.